The number of rotatable bonds is 0. The molecule has 132 valence electrons. The van der Waals surface area contributed by atoms with Crippen molar-refractivity contribution in [3.8, 4) is 0 Å². The number of carbonyl (C=O) groups excluding carboxylic acids is 2. The maximum atomic E-state index is 12.8. The van der Waals surface area contributed by atoms with E-state index in [0.29, 0.717) is 47.1 Å². The van der Waals surface area contributed by atoms with Gasteiger partial charge in [-0.2, -0.15) is 0 Å². The monoisotopic (exact) mass is 336 g/mol. The van der Waals surface area contributed by atoms with Gasteiger partial charge in [0.2, 0.25) is 0 Å². The second-order valence-corrected chi connectivity index (χ2v) is 9.97. The number of hydrogen-bond donors (Lipinski definition) is 0. The van der Waals surface area contributed by atoms with Crippen molar-refractivity contribution in [3.63, 3.8) is 0 Å². The van der Waals surface area contributed by atoms with Gasteiger partial charge in [-0.3, -0.25) is 9.59 Å². The fraction of sp³-hybridized carbons (Fsp3) is 0.739. The molecule has 0 spiro atoms. The van der Waals surface area contributed by atoms with Gasteiger partial charge in [0.05, 0.1) is 0 Å². The van der Waals surface area contributed by atoms with Crippen LogP contribution >= 0.6 is 0 Å². The van der Waals surface area contributed by atoms with Gasteiger partial charge in [0.1, 0.15) is 11.6 Å². The Morgan fingerprint density at radius 3 is 2.80 bits per heavy atom. The molecule has 0 N–H and O–H groups in total. The normalized spacial score (nSPS) is 52.9. The van der Waals surface area contributed by atoms with Crippen LogP contribution in [-0.2, 0) is 9.59 Å². The van der Waals surface area contributed by atoms with Crippen molar-refractivity contribution in [1.82, 2.24) is 0 Å². The molecule has 0 saturated heterocycles. The summed E-state index contributed by atoms with van der Waals surface area (Å²) in [6, 6.07) is 0. The van der Waals surface area contributed by atoms with E-state index in [1.807, 2.05) is 0 Å². The lowest BCUT2D eigenvalue weighted by Crippen LogP contribution is -2.52. The smallest absolute Gasteiger partial charge is 0.141 e. The molecule has 0 aromatic rings. The maximum Gasteiger partial charge on any atom is 0.141 e. The van der Waals surface area contributed by atoms with E-state index in [2.05, 4.69) is 19.1 Å². The molecule has 3 saturated carbocycles. The van der Waals surface area contributed by atoms with Gasteiger partial charge in [0.25, 0.3) is 0 Å². The van der Waals surface area contributed by atoms with Gasteiger partial charge in [-0.1, -0.05) is 30.2 Å². The van der Waals surface area contributed by atoms with Crippen molar-refractivity contribution < 1.29 is 9.59 Å². The Labute approximate surface area is 150 Å². The van der Waals surface area contributed by atoms with Crippen LogP contribution < -0.4 is 0 Å². The minimum atomic E-state index is -0.0276. The summed E-state index contributed by atoms with van der Waals surface area (Å²) in [6.45, 7) is 2.26. The molecule has 2 nitrogen and oxygen atoms in total. The fourth-order valence-corrected chi connectivity index (χ4v) is 8.36. The highest BCUT2D eigenvalue weighted by Crippen LogP contribution is 2.65. The third-order valence-corrected chi connectivity index (χ3v) is 9.37. The summed E-state index contributed by atoms with van der Waals surface area (Å²) in [6.07, 6.45) is 13.3. The molecule has 3 fully saturated rings. The number of carbonyl (C=O) groups is 2. The molecule has 25 heavy (non-hydrogen) atoms. The van der Waals surface area contributed by atoms with E-state index in [0.717, 1.165) is 32.1 Å². The lowest BCUT2D eigenvalue weighted by molar-refractivity contribution is -0.131. The van der Waals surface area contributed by atoms with Crippen molar-refractivity contribution >= 4 is 11.6 Å². The minimum Gasteiger partial charge on any atom is -0.299 e. The summed E-state index contributed by atoms with van der Waals surface area (Å²) in [5, 5.41) is 0. The Balaban J connectivity index is 1.43. The molecule has 0 aromatic carbocycles. The number of fused-ring (bicyclic) bond motifs is 4. The Kier molecular flexibility index (Phi) is 2.84. The average Bonchev–Trinajstić information content (AvgIpc) is 3.20. The number of Topliss-reactive ketones (excluding diaryl/α,β-unsaturated/α-hetero) is 2. The number of hydrogen-bond acceptors (Lipinski definition) is 2. The largest absolute Gasteiger partial charge is 0.299 e. The van der Waals surface area contributed by atoms with Gasteiger partial charge in [0, 0.05) is 24.2 Å². The number of allylic oxidation sites excluding steroid dienone is 4. The van der Waals surface area contributed by atoms with Gasteiger partial charge in [-0.15, -0.1) is 0 Å². The first-order valence-electron chi connectivity index (χ1n) is 10.5. The van der Waals surface area contributed by atoms with E-state index in [1.54, 1.807) is 11.1 Å². The van der Waals surface area contributed by atoms with E-state index in [4.69, 9.17) is 0 Å². The third kappa shape index (κ3) is 1.68. The summed E-state index contributed by atoms with van der Waals surface area (Å²) >= 11 is 0. The fourth-order valence-electron chi connectivity index (χ4n) is 8.36. The molecule has 8 atom stereocenters. The Morgan fingerprint density at radius 2 is 1.92 bits per heavy atom. The SMILES string of the molecule is C[C@]12CCC3C4=C(CCC3C1CCC2=O)C1C(=O)CC4C2CC=CC12. The highest BCUT2D eigenvalue weighted by atomic mass is 16.1. The first-order valence-corrected chi connectivity index (χ1v) is 10.5. The van der Waals surface area contributed by atoms with Crippen molar-refractivity contribution in [2.75, 3.05) is 0 Å². The lowest BCUT2D eigenvalue weighted by Gasteiger charge is -2.56. The van der Waals surface area contributed by atoms with Crippen molar-refractivity contribution in [2.24, 2.45) is 46.8 Å². The molecule has 2 heteroatoms. The summed E-state index contributed by atoms with van der Waals surface area (Å²) < 4.78 is 0. The molecule has 7 unspecified atom stereocenters. The Morgan fingerprint density at radius 1 is 1.04 bits per heavy atom. The quantitative estimate of drug-likeness (QED) is 0.610. The van der Waals surface area contributed by atoms with E-state index >= 15 is 0 Å². The maximum absolute atomic E-state index is 12.8. The van der Waals surface area contributed by atoms with Gasteiger partial charge < -0.3 is 0 Å². The molecular formula is C23H28O2. The molecule has 0 aromatic heterocycles. The molecule has 7 rings (SSSR count). The standard InChI is InChI=1S/C23H28O2/c1-23-10-9-15-13(18(23)7-8-20(23)25)5-6-16-21(15)17-11-19(24)22(16)14-4-2-3-12(14)17/h2,4,12-15,17-18,22H,3,5-11H2,1H3/t12?,13?,14?,15?,17?,18?,22?,23-/m0/s1. The van der Waals surface area contributed by atoms with Gasteiger partial charge in [-0.05, 0) is 74.0 Å². The van der Waals surface area contributed by atoms with E-state index in [9.17, 15) is 9.59 Å². The summed E-state index contributed by atoms with van der Waals surface area (Å²) in [5.74, 6) is 5.07. The van der Waals surface area contributed by atoms with Crippen LogP contribution in [0.4, 0.5) is 0 Å². The Hall–Kier alpha value is -1.18. The van der Waals surface area contributed by atoms with Crippen LogP contribution in [0.1, 0.15) is 58.3 Å². The van der Waals surface area contributed by atoms with Crippen molar-refractivity contribution in [3.05, 3.63) is 23.3 Å². The topological polar surface area (TPSA) is 34.1 Å². The van der Waals surface area contributed by atoms with Crippen LogP contribution in [0.2, 0.25) is 0 Å². The lowest BCUT2D eigenvalue weighted by atomic mass is 9.47. The summed E-state index contributed by atoms with van der Waals surface area (Å²) in [7, 11) is 0. The van der Waals surface area contributed by atoms with Crippen LogP contribution in [0.3, 0.4) is 0 Å². The Bertz CT molecular complexity index is 743. The van der Waals surface area contributed by atoms with Crippen LogP contribution in [0.15, 0.2) is 23.3 Å². The zero-order valence-corrected chi connectivity index (χ0v) is 15.2. The molecule has 0 amide bonds. The highest BCUT2D eigenvalue weighted by molar-refractivity contribution is 5.89. The zero-order chi connectivity index (χ0) is 16.9. The molecular weight excluding hydrogens is 308 g/mol. The molecule has 0 aliphatic heterocycles. The average molecular weight is 336 g/mol. The second-order valence-electron chi connectivity index (χ2n) is 9.97. The molecule has 0 radical (unpaired) electrons. The first-order chi connectivity index (χ1) is 12.1. The van der Waals surface area contributed by atoms with Crippen LogP contribution in [0.25, 0.3) is 0 Å². The summed E-state index contributed by atoms with van der Waals surface area (Å²) in [4.78, 5) is 25.3. The predicted octanol–water partition coefficient (Wildman–Crippen LogP) is 4.50. The molecule has 2 bridgehead atoms. The van der Waals surface area contributed by atoms with Crippen LogP contribution in [0, 0.1) is 46.8 Å². The number of ketones is 2. The molecule has 0 heterocycles. The van der Waals surface area contributed by atoms with E-state index in [1.165, 1.54) is 19.3 Å². The van der Waals surface area contributed by atoms with Crippen molar-refractivity contribution in [1.29, 1.82) is 0 Å². The van der Waals surface area contributed by atoms with E-state index in [-0.39, 0.29) is 11.3 Å². The zero-order valence-electron chi connectivity index (χ0n) is 15.2. The molecule has 7 aliphatic carbocycles. The third-order valence-electron chi connectivity index (χ3n) is 9.37. The van der Waals surface area contributed by atoms with Gasteiger partial charge in [-0.25, -0.2) is 0 Å². The summed E-state index contributed by atoms with van der Waals surface area (Å²) in [5.41, 5.74) is 3.29. The second kappa shape index (κ2) is 4.75. The van der Waals surface area contributed by atoms with Gasteiger partial charge in [0.15, 0.2) is 0 Å². The highest BCUT2D eigenvalue weighted by Gasteiger charge is 2.60. The van der Waals surface area contributed by atoms with Crippen molar-refractivity contribution in [2.45, 2.75) is 58.3 Å². The molecule has 7 aliphatic rings. The van der Waals surface area contributed by atoms with E-state index < -0.39 is 0 Å². The minimum absolute atomic E-state index is 0.0276. The first kappa shape index (κ1) is 14.9. The van der Waals surface area contributed by atoms with Gasteiger partial charge >= 0.3 is 0 Å². The predicted molar refractivity (Wildman–Crippen MR) is 95.7 cm³/mol. The van der Waals surface area contributed by atoms with Crippen LogP contribution in [0.5, 0.6) is 0 Å². The van der Waals surface area contributed by atoms with Crippen LogP contribution in [-0.4, -0.2) is 11.6 Å².